The smallest absolute Gasteiger partial charge is 0.338 e. The van der Waals surface area contributed by atoms with Crippen LogP contribution in [0.3, 0.4) is 0 Å². The van der Waals surface area contributed by atoms with Gasteiger partial charge < -0.3 is 10.5 Å². The van der Waals surface area contributed by atoms with Crippen LogP contribution in [0.15, 0.2) is 24.3 Å². The van der Waals surface area contributed by atoms with Crippen molar-refractivity contribution in [3.05, 3.63) is 35.4 Å². The number of hydrogen-bond acceptors (Lipinski definition) is 4. The highest BCUT2D eigenvalue weighted by atomic mass is 32.1. The summed E-state index contributed by atoms with van der Waals surface area (Å²) in [6, 6.07) is 7.25. The van der Waals surface area contributed by atoms with E-state index in [-0.39, 0.29) is 11.3 Å². The third-order valence-electron chi connectivity index (χ3n) is 1.88. The molecule has 0 saturated carbocycles. The fourth-order valence-corrected chi connectivity index (χ4v) is 1.49. The fourth-order valence-electron chi connectivity index (χ4n) is 1.28. The van der Waals surface area contributed by atoms with Gasteiger partial charge in [-0.1, -0.05) is 12.1 Å². The lowest BCUT2D eigenvalue weighted by Crippen LogP contribution is -2.15. The minimum Gasteiger partial charge on any atom is -0.462 e. The van der Waals surface area contributed by atoms with Crippen molar-refractivity contribution in [1.29, 1.82) is 0 Å². The van der Waals surface area contributed by atoms with Gasteiger partial charge in [0.15, 0.2) is 0 Å². The van der Waals surface area contributed by atoms with Gasteiger partial charge in [0.25, 0.3) is 0 Å². The van der Waals surface area contributed by atoms with Crippen LogP contribution in [0.25, 0.3) is 0 Å². The summed E-state index contributed by atoms with van der Waals surface area (Å²) in [4.78, 5) is 11.4. The number of carbonyl (C=O) groups is 1. The highest BCUT2D eigenvalue weighted by Gasteiger charge is 2.07. The summed E-state index contributed by atoms with van der Waals surface area (Å²) in [5.41, 5.74) is 7.10. The molecule has 0 aliphatic carbocycles. The maximum atomic E-state index is 11.4. The van der Waals surface area contributed by atoms with Gasteiger partial charge in [-0.25, -0.2) is 4.79 Å². The summed E-state index contributed by atoms with van der Waals surface area (Å²) < 4.78 is 4.90. The van der Waals surface area contributed by atoms with Gasteiger partial charge >= 0.3 is 5.97 Å². The molecule has 1 aromatic carbocycles. The zero-order valence-electron chi connectivity index (χ0n) is 8.64. The zero-order valence-corrected chi connectivity index (χ0v) is 9.54. The lowest BCUT2D eigenvalue weighted by molar-refractivity contribution is 0.0526. The Hall–Kier alpha value is -1.00. The topological polar surface area (TPSA) is 52.3 Å². The first-order valence-electron chi connectivity index (χ1n) is 4.83. The molecule has 1 aromatic rings. The van der Waals surface area contributed by atoms with Gasteiger partial charge in [0.05, 0.1) is 17.5 Å². The molecule has 0 saturated heterocycles. The second kappa shape index (κ2) is 5.78. The minimum absolute atomic E-state index is 0.206. The molecule has 1 rings (SSSR count). The van der Waals surface area contributed by atoms with Crippen molar-refractivity contribution in [2.75, 3.05) is 6.61 Å². The molecule has 0 fully saturated rings. The standard InChI is InChI=1S/C11H15NO2S/c1-2-14-11(13)9-5-3-4-8(6-9)7-10(12)15/h3-6,10,15H,2,7,12H2,1H3. The van der Waals surface area contributed by atoms with Crippen LogP contribution in [0.1, 0.15) is 22.8 Å². The van der Waals surface area contributed by atoms with Crippen molar-refractivity contribution in [3.63, 3.8) is 0 Å². The molecule has 82 valence electrons. The summed E-state index contributed by atoms with van der Waals surface area (Å²) in [6.45, 7) is 2.17. The van der Waals surface area contributed by atoms with Crippen molar-refractivity contribution in [2.45, 2.75) is 18.7 Å². The van der Waals surface area contributed by atoms with Crippen molar-refractivity contribution in [1.82, 2.24) is 0 Å². The molecule has 15 heavy (non-hydrogen) atoms. The van der Waals surface area contributed by atoms with E-state index in [1.807, 2.05) is 12.1 Å². The van der Waals surface area contributed by atoms with Gasteiger partial charge in [-0.3, -0.25) is 0 Å². The largest absolute Gasteiger partial charge is 0.462 e. The van der Waals surface area contributed by atoms with E-state index in [0.29, 0.717) is 18.6 Å². The van der Waals surface area contributed by atoms with Crippen LogP contribution < -0.4 is 5.73 Å². The quantitative estimate of drug-likeness (QED) is 0.465. The van der Waals surface area contributed by atoms with Crippen LogP contribution in [-0.2, 0) is 11.2 Å². The number of hydrogen-bond donors (Lipinski definition) is 2. The molecular formula is C11H15NO2S. The van der Waals surface area contributed by atoms with Crippen molar-refractivity contribution in [3.8, 4) is 0 Å². The first-order chi connectivity index (χ1) is 7.13. The summed E-state index contributed by atoms with van der Waals surface area (Å²) in [7, 11) is 0. The molecule has 4 heteroatoms. The Morgan fingerprint density at radius 1 is 1.60 bits per heavy atom. The van der Waals surface area contributed by atoms with Crippen LogP contribution in [0.5, 0.6) is 0 Å². The molecule has 2 N–H and O–H groups in total. The number of ether oxygens (including phenoxy) is 1. The van der Waals surface area contributed by atoms with E-state index in [9.17, 15) is 4.79 Å². The Bertz CT molecular complexity index is 339. The SMILES string of the molecule is CCOC(=O)c1cccc(CC(N)S)c1. The zero-order chi connectivity index (χ0) is 11.3. The first-order valence-corrected chi connectivity index (χ1v) is 5.35. The first kappa shape index (κ1) is 12.1. The predicted octanol–water partition coefficient (Wildman–Crippen LogP) is 1.62. The van der Waals surface area contributed by atoms with Gasteiger partial charge in [0.2, 0.25) is 0 Å². The summed E-state index contributed by atoms with van der Waals surface area (Å²) in [5, 5.41) is -0.206. The van der Waals surface area contributed by atoms with Gasteiger partial charge in [0, 0.05) is 0 Å². The fraction of sp³-hybridized carbons (Fsp3) is 0.364. The molecule has 3 nitrogen and oxygen atoms in total. The minimum atomic E-state index is -0.299. The third kappa shape index (κ3) is 3.93. The molecule has 0 aliphatic rings. The van der Waals surface area contributed by atoms with Crippen LogP contribution in [-0.4, -0.2) is 18.0 Å². The van der Waals surface area contributed by atoms with Crippen LogP contribution >= 0.6 is 12.6 Å². The molecule has 0 bridgehead atoms. The molecule has 0 aromatic heterocycles. The molecule has 0 amide bonds. The Kier molecular flexibility index (Phi) is 4.65. The van der Waals surface area contributed by atoms with E-state index in [4.69, 9.17) is 10.5 Å². The third-order valence-corrected chi connectivity index (χ3v) is 2.07. The number of esters is 1. The van der Waals surface area contributed by atoms with Gasteiger partial charge in [-0.2, -0.15) is 12.6 Å². The molecule has 0 spiro atoms. The number of carbonyl (C=O) groups excluding carboxylic acids is 1. The van der Waals surface area contributed by atoms with E-state index < -0.39 is 0 Å². The molecule has 0 aliphatic heterocycles. The second-order valence-corrected chi connectivity index (χ2v) is 3.86. The Morgan fingerprint density at radius 2 is 2.33 bits per heavy atom. The summed E-state index contributed by atoms with van der Waals surface area (Å²) in [5.74, 6) is -0.299. The van der Waals surface area contributed by atoms with Crippen LogP contribution in [0, 0.1) is 0 Å². The molecular weight excluding hydrogens is 210 g/mol. The maximum absolute atomic E-state index is 11.4. The van der Waals surface area contributed by atoms with Crippen LogP contribution in [0.2, 0.25) is 0 Å². The van der Waals surface area contributed by atoms with Gasteiger partial charge in [-0.05, 0) is 31.0 Å². The number of thiol groups is 1. The lowest BCUT2D eigenvalue weighted by Gasteiger charge is -2.06. The van der Waals surface area contributed by atoms with E-state index in [2.05, 4.69) is 12.6 Å². The molecule has 1 unspecified atom stereocenters. The maximum Gasteiger partial charge on any atom is 0.338 e. The van der Waals surface area contributed by atoms with Crippen molar-refractivity contribution in [2.24, 2.45) is 5.73 Å². The van der Waals surface area contributed by atoms with Gasteiger partial charge in [0.1, 0.15) is 0 Å². The highest BCUT2D eigenvalue weighted by molar-refractivity contribution is 7.80. The number of benzene rings is 1. The number of rotatable bonds is 4. The average molecular weight is 225 g/mol. The predicted molar refractivity (Wildman–Crippen MR) is 63.1 cm³/mol. The molecule has 0 radical (unpaired) electrons. The summed E-state index contributed by atoms with van der Waals surface area (Å²) >= 11 is 4.10. The van der Waals surface area contributed by atoms with Crippen molar-refractivity contribution < 1.29 is 9.53 Å². The average Bonchev–Trinajstić information content (AvgIpc) is 2.17. The monoisotopic (exact) mass is 225 g/mol. The second-order valence-electron chi connectivity index (χ2n) is 3.19. The van der Waals surface area contributed by atoms with E-state index >= 15 is 0 Å². The Labute approximate surface area is 95.0 Å². The summed E-state index contributed by atoms with van der Waals surface area (Å²) in [6.07, 6.45) is 0.635. The Balaban J connectivity index is 2.78. The van der Waals surface area contributed by atoms with E-state index in [1.165, 1.54) is 0 Å². The van der Waals surface area contributed by atoms with Gasteiger partial charge in [-0.15, -0.1) is 0 Å². The molecule has 0 heterocycles. The normalized spacial score (nSPS) is 12.2. The Morgan fingerprint density at radius 3 is 2.93 bits per heavy atom. The van der Waals surface area contributed by atoms with E-state index in [0.717, 1.165) is 5.56 Å². The number of nitrogens with two attached hydrogens (primary N) is 1. The highest BCUT2D eigenvalue weighted by Crippen LogP contribution is 2.09. The molecule has 1 atom stereocenters. The van der Waals surface area contributed by atoms with E-state index in [1.54, 1.807) is 19.1 Å². The lowest BCUT2D eigenvalue weighted by atomic mass is 10.1. The van der Waals surface area contributed by atoms with Crippen LogP contribution in [0.4, 0.5) is 0 Å². The van der Waals surface area contributed by atoms with Crippen molar-refractivity contribution >= 4 is 18.6 Å².